The van der Waals surface area contributed by atoms with E-state index in [1.807, 2.05) is 0 Å². The molecule has 6 rings (SSSR count). The molecule has 9 nitrogen and oxygen atoms in total. The van der Waals surface area contributed by atoms with Gasteiger partial charge in [-0.25, -0.2) is 32.9 Å². The van der Waals surface area contributed by atoms with Gasteiger partial charge < -0.3 is 4.74 Å². The molecule has 3 aromatic rings. The molecule has 33 heavy (non-hydrogen) atoms. The molecule has 0 amide bonds. The number of nitrogens with zero attached hydrogens (tertiary/aromatic N) is 7. The number of aryl methyl sites for hydroxylation is 1. The minimum absolute atomic E-state index is 0.0797. The summed E-state index contributed by atoms with van der Waals surface area (Å²) in [4.78, 5) is 21.5. The van der Waals surface area contributed by atoms with Crippen LogP contribution in [0.1, 0.15) is 43.6 Å². The Morgan fingerprint density at radius 1 is 1.18 bits per heavy atom. The topological polar surface area (TPSA) is 92.7 Å². The van der Waals surface area contributed by atoms with Crippen LogP contribution >= 0.6 is 0 Å². The highest BCUT2D eigenvalue weighted by Crippen LogP contribution is 2.39. The van der Waals surface area contributed by atoms with Crippen LogP contribution in [0.15, 0.2) is 59.5 Å². The molecule has 0 N–H and O–H groups in total. The molecule has 1 saturated carbocycles. The second-order valence-corrected chi connectivity index (χ2v) is 8.66. The lowest BCUT2D eigenvalue weighted by atomic mass is 9.89. The number of rotatable bonds is 5. The Balaban J connectivity index is 1.14. The molecule has 3 aliphatic rings. The summed E-state index contributed by atoms with van der Waals surface area (Å²) in [7, 11) is 0. The fourth-order valence-electron chi connectivity index (χ4n) is 4.91. The van der Waals surface area contributed by atoms with Gasteiger partial charge in [-0.2, -0.15) is 10.2 Å². The standard InChI is InChI=1S/C22H21F2N7O2/c23-14-6-13(7-15(24)8-14)18-2-3-19-28-31(22(32)30(18)19)16-9-17(10-16)33-21-11-20(25-12-26-21)29-5-1-4-27-29/h1,4-6,8,11-13,16-18H,2-3,7,9-10H2/t13?,16?,17?,18-/m0/s1. The molecule has 0 spiro atoms. The van der Waals surface area contributed by atoms with Gasteiger partial charge in [0.05, 0.1) is 6.04 Å². The van der Waals surface area contributed by atoms with E-state index in [2.05, 4.69) is 20.2 Å². The van der Waals surface area contributed by atoms with Crippen molar-refractivity contribution in [1.82, 2.24) is 34.1 Å². The van der Waals surface area contributed by atoms with Gasteiger partial charge in [0.2, 0.25) is 5.88 Å². The monoisotopic (exact) mass is 453 g/mol. The van der Waals surface area contributed by atoms with Crippen molar-refractivity contribution < 1.29 is 13.5 Å². The molecule has 0 aromatic carbocycles. The highest BCUT2D eigenvalue weighted by atomic mass is 19.1. The molecule has 11 heteroatoms. The average Bonchev–Trinajstić information content (AvgIpc) is 3.49. The van der Waals surface area contributed by atoms with Crippen molar-refractivity contribution in [2.45, 2.75) is 50.3 Å². The molecule has 3 aromatic heterocycles. The highest BCUT2D eigenvalue weighted by Gasteiger charge is 2.39. The summed E-state index contributed by atoms with van der Waals surface area (Å²) in [5.41, 5.74) is -0.220. The van der Waals surface area contributed by atoms with E-state index in [9.17, 15) is 13.6 Å². The van der Waals surface area contributed by atoms with Crippen molar-refractivity contribution in [2.24, 2.45) is 5.92 Å². The number of halogens is 2. The maximum absolute atomic E-state index is 13.8. The van der Waals surface area contributed by atoms with Crippen molar-refractivity contribution >= 4 is 0 Å². The fraction of sp³-hybridized carbons (Fsp3) is 0.409. The zero-order valence-corrected chi connectivity index (χ0v) is 17.6. The molecule has 2 atom stereocenters. The van der Waals surface area contributed by atoms with Gasteiger partial charge in [0, 0.05) is 62.2 Å². The first-order valence-corrected chi connectivity index (χ1v) is 11.0. The van der Waals surface area contributed by atoms with Crippen LogP contribution in [0.2, 0.25) is 0 Å². The second-order valence-electron chi connectivity index (χ2n) is 8.66. The first kappa shape index (κ1) is 20.0. The van der Waals surface area contributed by atoms with Gasteiger partial charge in [-0.15, -0.1) is 0 Å². The molecule has 0 saturated heterocycles. The minimum Gasteiger partial charge on any atom is -0.474 e. The lowest BCUT2D eigenvalue weighted by Gasteiger charge is -2.34. The van der Waals surface area contributed by atoms with Crippen LogP contribution in [0.4, 0.5) is 8.78 Å². The average molecular weight is 453 g/mol. The first-order valence-electron chi connectivity index (χ1n) is 11.0. The number of hydrogen-bond donors (Lipinski definition) is 0. The maximum Gasteiger partial charge on any atom is 0.346 e. The van der Waals surface area contributed by atoms with Gasteiger partial charge >= 0.3 is 5.69 Å². The molecule has 1 aliphatic heterocycles. The molecule has 4 heterocycles. The van der Waals surface area contributed by atoms with Gasteiger partial charge in [0.25, 0.3) is 0 Å². The van der Waals surface area contributed by atoms with E-state index < -0.39 is 11.7 Å². The molecule has 0 radical (unpaired) electrons. The van der Waals surface area contributed by atoms with E-state index in [4.69, 9.17) is 4.74 Å². The van der Waals surface area contributed by atoms with Gasteiger partial charge in [0.1, 0.15) is 29.9 Å². The van der Waals surface area contributed by atoms with Crippen LogP contribution in [0.25, 0.3) is 5.82 Å². The van der Waals surface area contributed by atoms with Crippen molar-refractivity contribution in [3.05, 3.63) is 71.0 Å². The van der Waals surface area contributed by atoms with E-state index in [1.165, 1.54) is 17.1 Å². The summed E-state index contributed by atoms with van der Waals surface area (Å²) >= 11 is 0. The molecule has 1 fully saturated rings. The third-order valence-corrected chi connectivity index (χ3v) is 6.56. The molecule has 170 valence electrons. The number of ether oxygens (including phenoxy) is 1. The zero-order chi connectivity index (χ0) is 22.5. The van der Waals surface area contributed by atoms with Crippen LogP contribution in [0.3, 0.4) is 0 Å². The third kappa shape index (κ3) is 3.57. The molecule has 0 bridgehead atoms. The molecular weight excluding hydrogens is 432 g/mol. The van der Waals surface area contributed by atoms with Crippen LogP contribution in [0.5, 0.6) is 5.88 Å². The Kier molecular flexibility index (Phi) is 4.70. The quantitative estimate of drug-likeness (QED) is 0.590. The van der Waals surface area contributed by atoms with Gasteiger partial charge in [-0.3, -0.25) is 4.57 Å². The molecular formula is C22H21F2N7O2. The third-order valence-electron chi connectivity index (χ3n) is 6.56. The first-order chi connectivity index (χ1) is 16.0. The Morgan fingerprint density at radius 2 is 2.06 bits per heavy atom. The van der Waals surface area contributed by atoms with E-state index in [-0.39, 0.29) is 36.2 Å². The number of aromatic nitrogens is 7. The zero-order valence-electron chi connectivity index (χ0n) is 17.6. The Bertz CT molecular complexity index is 1300. The predicted molar refractivity (Wildman–Crippen MR) is 112 cm³/mol. The lowest BCUT2D eigenvalue weighted by molar-refractivity contribution is 0.0581. The Morgan fingerprint density at radius 3 is 2.85 bits per heavy atom. The summed E-state index contributed by atoms with van der Waals surface area (Å²) in [5, 5.41) is 8.68. The van der Waals surface area contributed by atoms with Crippen LogP contribution < -0.4 is 10.4 Å². The summed E-state index contributed by atoms with van der Waals surface area (Å²) in [6, 6.07) is 3.16. The minimum atomic E-state index is -0.586. The largest absolute Gasteiger partial charge is 0.474 e. The van der Waals surface area contributed by atoms with Crippen LogP contribution in [0, 0.1) is 5.92 Å². The van der Waals surface area contributed by atoms with Crippen molar-refractivity contribution in [1.29, 1.82) is 0 Å². The van der Waals surface area contributed by atoms with E-state index in [0.29, 0.717) is 43.2 Å². The smallest absolute Gasteiger partial charge is 0.346 e. The van der Waals surface area contributed by atoms with Crippen molar-refractivity contribution in [3.8, 4) is 11.7 Å². The van der Waals surface area contributed by atoms with Crippen molar-refractivity contribution in [3.63, 3.8) is 0 Å². The molecule has 2 aliphatic carbocycles. The lowest BCUT2D eigenvalue weighted by Crippen LogP contribution is -2.41. The fourth-order valence-corrected chi connectivity index (χ4v) is 4.91. The second kappa shape index (κ2) is 7.75. The van der Waals surface area contributed by atoms with Gasteiger partial charge in [0.15, 0.2) is 5.82 Å². The number of allylic oxidation sites excluding steroid dienone is 4. The van der Waals surface area contributed by atoms with Gasteiger partial charge in [-0.05, 0) is 18.6 Å². The van der Waals surface area contributed by atoms with E-state index in [1.54, 1.807) is 33.8 Å². The Hall–Kier alpha value is -3.63. The maximum atomic E-state index is 13.8. The number of hydrogen-bond acceptors (Lipinski definition) is 6. The normalized spacial score (nSPS) is 26.4. The summed E-state index contributed by atoms with van der Waals surface area (Å²) in [6.45, 7) is 0. The summed E-state index contributed by atoms with van der Waals surface area (Å²) < 4.78 is 38.2. The van der Waals surface area contributed by atoms with Gasteiger partial charge in [-0.1, -0.05) is 0 Å². The SMILES string of the molecule is O=c1n(C2CC(Oc3cc(-n4cccn4)ncn3)C2)nc2n1[C@H](C1C=C(F)C=C(F)C1)CC2. The number of fused-ring (bicyclic) bond motifs is 1. The van der Waals surface area contributed by atoms with Crippen molar-refractivity contribution in [2.75, 3.05) is 0 Å². The summed E-state index contributed by atoms with van der Waals surface area (Å²) in [6.07, 6.45) is 9.72. The van der Waals surface area contributed by atoms with E-state index in [0.717, 1.165) is 6.08 Å². The highest BCUT2D eigenvalue weighted by molar-refractivity contribution is 5.26. The predicted octanol–water partition coefficient (Wildman–Crippen LogP) is 3.02. The summed E-state index contributed by atoms with van der Waals surface area (Å²) in [5.74, 6) is 0.266. The molecule has 1 unspecified atom stereocenters. The van der Waals surface area contributed by atoms with Crippen LogP contribution in [-0.4, -0.2) is 40.2 Å². The van der Waals surface area contributed by atoms with Crippen LogP contribution in [-0.2, 0) is 6.42 Å². The van der Waals surface area contributed by atoms with E-state index >= 15 is 0 Å². The Labute approximate surface area is 187 Å².